The first-order chi connectivity index (χ1) is 15.5. The summed E-state index contributed by atoms with van der Waals surface area (Å²) < 4.78 is 16.9. The fourth-order valence-corrected chi connectivity index (χ4v) is 3.72. The van der Waals surface area contributed by atoms with Gasteiger partial charge in [0.1, 0.15) is 11.6 Å². The van der Waals surface area contributed by atoms with E-state index in [2.05, 4.69) is 46.6 Å². The first-order valence-corrected chi connectivity index (χ1v) is 11.3. The number of nitrogens with zero attached hydrogens (tertiary/aromatic N) is 6. The monoisotopic (exact) mass is 566 g/mol. The molecular weight excluding hydrogens is 534 g/mol. The molecule has 1 unspecified atom stereocenters. The van der Waals surface area contributed by atoms with Crippen molar-refractivity contribution in [1.29, 1.82) is 0 Å². The Bertz CT molecular complexity index is 1060. The van der Waals surface area contributed by atoms with Gasteiger partial charge in [0, 0.05) is 44.1 Å². The van der Waals surface area contributed by atoms with Crippen molar-refractivity contribution in [2.24, 2.45) is 4.99 Å². The fourth-order valence-electron chi connectivity index (χ4n) is 3.72. The van der Waals surface area contributed by atoms with Gasteiger partial charge in [-0.3, -0.25) is 4.99 Å². The van der Waals surface area contributed by atoms with Gasteiger partial charge in [-0.1, -0.05) is 13.8 Å². The van der Waals surface area contributed by atoms with E-state index in [1.807, 2.05) is 16.9 Å². The molecule has 1 aliphatic rings. The van der Waals surface area contributed by atoms with Gasteiger partial charge < -0.3 is 10.6 Å². The van der Waals surface area contributed by atoms with Gasteiger partial charge in [-0.05, 0) is 43.7 Å². The van der Waals surface area contributed by atoms with Crippen molar-refractivity contribution in [2.45, 2.75) is 58.5 Å². The molecule has 3 aromatic rings. The Balaban J connectivity index is 0.00000306. The van der Waals surface area contributed by atoms with Crippen LogP contribution in [0.1, 0.15) is 50.5 Å². The lowest BCUT2D eigenvalue weighted by atomic mass is 10.1. The second kappa shape index (κ2) is 11.6. The molecule has 33 heavy (non-hydrogen) atoms. The number of guanidine groups is 1. The Kier molecular flexibility index (Phi) is 8.81. The van der Waals surface area contributed by atoms with Crippen LogP contribution in [0.5, 0.6) is 0 Å². The summed E-state index contributed by atoms with van der Waals surface area (Å²) in [6.45, 7) is 8.51. The third-order valence-electron chi connectivity index (χ3n) is 5.45. The molecule has 1 aromatic carbocycles. The maximum atomic E-state index is 13.1. The van der Waals surface area contributed by atoms with Gasteiger partial charge in [-0.25, -0.2) is 18.7 Å². The minimum Gasteiger partial charge on any atom is -0.357 e. The van der Waals surface area contributed by atoms with Crippen LogP contribution in [0.15, 0.2) is 41.5 Å². The predicted molar refractivity (Wildman–Crippen MR) is 138 cm³/mol. The van der Waals surface area contributed by atoms with E-state index in [4.69, 9.17) is 4.99 Å². The lowest BCUT2D eigenvalue weighted by molar-refractivity contribution is 0.391. The van der Waals surface area contributed by atoms with Gasteiger partial charge in [0.15, 0.2) is 11.8 Å². The summed E-state index contributed by atoms with van der Waals surface area (Å²) in [7, 11) is 0. The molecule has 0 fully saturated rings. The van der Waals surface area contributed by atoms with Crippen LogP contribution in [-0.2, 0) is 19.4 Å². The smallest absolute Gasteiger partial charge is 0.191 e. The SMILES string of the molecule is CCNC(=NCCc1ccn(-c2ccc(F)cc2)n1)NC1CCc2nc(C(C)C)nn2C1.I. The minimum atomic E-state index is -0.253. The van der Waals surface area contributed by atoms with E-state index in [0.717, 1.165) is 61.3 Å². The number of aliphatic imine (C=N–C) groups is 1. The van der Waals surface area contributed by atoms with Gasteiger partial charge in [0.25, 0.3) is 0 Å². The van der Waals surface area contributed by atoms with E-state index in [1.165, 1.54) is 12.1 Å². The number of hydrogen-bond acceptors (Lipinski definition) is 4. The molecule has 178 valence electrons. The lowest BCUT2D eigenvalue weighted by Crippen LogP contribution is -2.47. The molecule has 1 atom stereocenters. The maximum absolute atomic E-state index is 13.1. The number of hydrogen-bond donors (Lipinski definition) is 2. The second-order valence-electron chi connectivity index (χ2n) is 8.34. The number of rotatable bonds is 7. The minimum absolute atomic E-state index is 0. The van der Waals surface area contributed by atoms with E-state index in [1.54, 1.807) is 16.8 Å². The van der Waals surface area contributed by atoms with E-state index in [0.29, 0.717) is 12.5 Å². The fraction of sp³-hybridized carbons (Fsp3) is 0.478. The average molecular weight is 566 g/mol. The zero-order valence-corrected chi connectivity index (χ0v) is 21.7. The largest absolute Gasteiger partial charge is 0.357 e. The molecule has 2 N–H and O–H groups in total. The molecular formula is C23H32FIN8. The Morgan fingerprint density at radius 3 is 2.73 bits per heavy atom. The second-order valence-corrected chi connectivity index (χ2v) is 8.34. The van der Waals surface area contributed by atoms with Gasteiger partial charge in [0.05, 0.1) is 17.9 Å². The summed E-state index contributed by atoms with van der Waals surface area (Å²) in [6.07, 6.45) is 4.53. The molecule has 2 aromatic heterocycles. The molecule has 0 radical (unpaired) electrons. The topological polar surface area (TPSA) is 84.9 Å². The standard InChI is InChI=1S/C23H31FN8.HI/c1-4-25-23(27-19-7-10-21-28-22(16(2)3)30-32(21)15-19)26-13-11-18-12-14-31(29-18)20-8-5-17(24)6-9-20;/h5-6,8-9,12,14,16,19H,4,7,10-11,13,15H2,1-3H3,(H2,25,26,27);1H. The quantitative estimate of drug-likeness (QED) is 0.260. The normalized spacial score (nSPS) is 15.8. The van der Waals surface area contributed by atoms with Crippen LogP contribution >= 0.6 is 24.0 Å². The van der Waals surface area contributed by atoms with Crippen LogP contribution in [0, 0.1) is 5.82 Å². The van der Waals surface area contributed by atoms with E-state index in [9.17, 15) is 4.39 Å². The number of halogens is 2. The zero-order valence-electron chi connectivity index (χ0n) is 19.3. The Labute approximate surface area is 211 Å². The average Bonchev–Trinajstić information content (AvgIpc) is 3.41. The van der Waals surface area contributed by atoms with Crippen molar-refractivity contribution in [3.63, 3.8) is 0 Å². The van der Waals surface area contributed by atoms with Crippen molar-refractivity contribution in [2.75, 3.05) is 13.1 Å². The number of aryl methyl sites for hydroxylation is 1. The number of benzene rings is 1. The number of nitrogens with one attached hydrogen (secondary N) is 2. The highest BCUT2D eigenvalue weighted by Gasteiger charge is 2.23. The molecule has 8 nitrogen and oxygen atoms in total. The van der Waals surface area contributed by atoms with E-state index in [-0.39, 0.29) is 35.8 Å². The van der Waals surface area contributed by atoms with Crippen LogP contribution in [0.25, 0.3) is 5.69 Å². The molecule has 0 aliphatic carbocycles. The molecule has 0 bridgehead atoms. The summed E-state index contributed by atoms with van der Waals surface area (Å²) in [5, 5.41) is 16.1. The van der Waals surface area contributed by atoms with Crippen molar-refractivity contribution < 1.29 is 4.39 Å². The van der Waals surface area contributed by atoms with Crippen LogP contribution < -0.4 is 10.6 Å². The first-order valence-electron chi connectivity index (χ1n) is 11.3. The van der Waals surface area contributed by atoms with Crippen LogP contribution in [0.2, 0.25) is 0 Å². The summed E-state index contributed by atoms with van der Waals surface area (Å²) in [5.74, 6) is 2.89. The Morgan fingerprint density at radius 1 is 1.21 bits per heavy atom. The Hall–Kier alpha value is -2.50. The number of aromatic nitrogens is 5. The third-order valence-corrected chi connectivity index (χ3v) is 5.45. The van der Waals surface area contributed by atoms with E-state index < -0.39 is 0 Å². The third kappa shape index (κ3) is 6.52. The predicted octanol–water partition coefficient (Wildman–Crippen LogP) is 3.46. The van der Waals surface area contributed by atoms with Gasteiger partial charge >= 0.3 is 0 Å². The van der Waals surface area contributed by atoms with Crippen molar-refractivity contribution >= 4 is 29.9 Å². The van der Waals surface area contributed by atoms with Gasteiger partial charge in [-0.2, -0.15) is 10.2 Å². The van der Waals surface area contributed by atoms with E-state index >= 15 is 0 Å². The Morgan fingerprint density at radius 2 is 2.00 bits per heavy atom. The summed E-state index contributed by atoms with van der Waals surface area (Å²) in [6, 6.07) is 8.54. The van der Waals surface area contributed by atoms with Crippen LogP contribution in [-0.4, -0.2) is 49.6 Å². The molecule has 10 heteroatoms. The first kappa shape index (κ1) is 25.1. The highest BCUT2D eigenvalue weighted by molar-refractivity contribution is 14.0. The van der Waals surface area contributed by atoms with Crippen molar-refractivity contribution in [3.8, 4) is 5.69 Å². The maximum Gasteiger partial charge on any atom is 0.191 e. The lowest BCUT2D eigenvalue weighted by Gasteiger charge is -2.25. The summed E-state index contributed by atoms with van der Waals surface area (Å²) in [5.41, 5.74) is 1.78. The van der Waals surface area contributed by atoms with Gasteiger partial charge in [0.2, 0.25) is 0 Å². The van der Waals surface area contributed by atoms with Crippen LogP contribution in [0.3, 0.4) is 0 Å². The van der Waals surface area contributed by atoms with Crippen molar-refractivity contribution in [3.05, 3.63) is 59.7 Å². The van der Waals surface area contributed by atoms with Crippen molar-refractivity contribution in [1.82, 2.24) is 35.2 Å². The molecule has 0 spiro atoms. The summed E-state index contributed by atoms with van der Waals surface area (Å²) >= 11 is 0. The molecule has 0 saturated heterocycles. The molecule has 1 aliphatic heterocycles. The molecule has 4 rings (SSSR count). The molecule has 0 amide bonds. The molecule has 0 saturated carbocycles. The number of fused-ring (bicyclic) bond motifs is 1. The molecule has 3 heterocycles. The van der Waals surface area contributed by atoms with Gasteiger partial charge in [-0.15, -0.1) is 24.0 Å². The zero-order chi connectivity index (χ0) is 22.5. The highest BCUT2D eigenvalue weighted by atomic mass is 127. The van der Waals surface area contributed by atoms with Crippen LogP contribution in [0.4, 0.5) is 4.39 Å². The summed E-state index contributed by atoms with van der Waals surface area (Å²) in [4.78, 5) is 9.40. The highest BCUT2D eigenvalue weighted by Crippen LogP contribution is 2.17.